The minimum Gasteiger partial charge on any atom is -0.314 e. The van der Waals surface area contributed by atoms with E-state index in [0.29, 0.717) is 12.1 Å². The fourth-order valence-corrected chi connectivity index (χ4v) is 1.56. The molecule has 2 bridgehead atoms. The van der Waals surface area contributed by atoms with Gasteiger partial charge in [0, 0.05) is 25.2 Å². The first-order valence-electron chi connectivity index (χ1n) is 3.36. The SMILES string of the molecule is C1CC2CNCC1[N]2. The molecular weight excluding hydrogens is 100 g/mol. The van der Waals surface area contributed by atoms with Gasteiger partial charge in [-0.15, -0.1) is 0 Å². The summed E-state index contributed by atoms with van der Waals surface area (Å²) in [7, 11) is 0. The Hall–Kier alpha value is -0.0800. The molecule has 2 fully saturated rings. The van der Waals surface area contributed by atoms with E-state index in [1.165, 1.54) is 12.8 Å². The molecule has 2 atom stereocenters. The molecule has 0 saturated carbocycles. The fourth-order valence-electron chi connectivity index (χ4n) is 1.56. The van der Waals surface area contributed by atoms with Crippen LogP contribution in [0.2, 0.25) is 0 Å². The highest BCUT2D eigenvalue weighted by atomic mass is 15.1. The van der Waals surface area contributed by atoms with Gasteiger partial charge in [-0.25, -0.2) is 5.32 Å². The van der Waals surface area contributed by atoms with E-state index in [1.54, 1.807) is 0 Å². The van der Waals surface area contributed by atoms with Crippen LogP contribution in [0.15, 0.2) is 0 Å². The van der Waals surface area contributed by atoms with Gasteiger partial charge in [-0.3, -0.25) is 0 Å². The Morgan fingerprint density at radius 3 is 2.25 bits per heavy atom. The highest BCUT2D eigenvalue weighted by Gasteiger charge is 2.28. The van der Waals surface area contributed by atoms with E-state index >= 15 is 0 Å². The first kappa shape index (κ1) is 4.77. The zero-order chi connectivity index (χ0) is 5.40. The van der Waals surface area contributed by atoms with E-state index in [2.05, 4.69) is 10.6 Å². The summed E-state index contributed by atoms with van der Waals surface area (Å²) in [5.74, 6) is 0. The Morgan fingerprint density at radius 2 is 1.75 bits per heavy atom. The number of hydrogen-bond donors (Lipinski definition) is 1. The summed E-state index contributed by atoms with van der Waals surface area (Å²) in [5.41, 5.74) is 0. The Morgan fingerprint density at radius 1 is 1.12 bits per heavy atom. The van der Waals surface area contributed by atoms with Crippen molar-refractivity contribution in [3.05, 3.63) is 0 Å². The molecule has 0 aliphatic carbocycles. The number of rotatable bonds is 0. The van der Waals surface area contributed by atoms with Gasteiger partial charge >= 0.3 is 0 Å². The summed E-state index contributed by atoms with van der Waals surface area (Å²) in [6.45, 7) is 2.27. The predicted molar refractivity (Wildman–Crippen MR) is 31.8 cm³/mol. The molecule has 2 unspecified atom stereocenters. The molecule has 2 aliphatic rings. The van der Waals surface area contributed by atoms with Crippen molar-refractivity contribution in [3.63, 3.8) is 0 Å². The van der Waals surface area contributed by atoms with E-state index in [4.69, 9.17) is 0 Å². The maximum absolute atomic E-state index is 4.53. The largest absolute Gasteiger partial charge is 0.314 e. The van der Waals surface area contributed by atoms with Gasteiger partial charge < -0.3 is 5.32 Å². The lowest BCUT2D eigenvalue weighted by Gasteiger charge is -2.19. The van der Waals surface area contributed by atoms with E-state index < -0.39 is 0 Å². The van der Waals surface area contributed by atoms with E-state index in [0.717, 1.165) is 13.1 Å². The number of hydrogen-bond acceptors (Lipinski definition) is 1. The average Bonchev–Trinajstić information content (AvgIpc) is 2.12. The van der Waals surface area contributed by atoms with Crippen LogP contribution in [-0.4, -0.2) is 25.2 Å². The van der Waals surface area contributed by atoms with Crippen molar-refractivity contribution in [2.24, 2.45) is 0 Å². The summed E-state index contributed by atoms with van der Waals surface area (Å²) in [4.78, 5) is 0. The van der Waals surface area contributed by atoms with Gasteiger partial charge in [-0.2, -0.15) is 0 Å². The molecule has 1 radical (unpaired) electrons. The summed E-state index contributed by atoms with van der Waals surface area (Å²) in [5, 5.41) is 7.88. The van der Waals surface area contributed by atoms with Crippen LogP contribution in [0.1, 0.15) is 12.8 Å². The van der Waals surface area contributed by atoms with Crippen LogP contribution in [0.4, 0.5) is 0 Å². The Balaban J connectivity index is 2.03. The zero-order valence-electron chi connectivity index (χ0n) is 4.93. The average molecular weight is 111 g/mol. The maximum atomic E-state index is 4.53. The molecule has 0 aromatic carbocycles. The molecule has 1 N–H and O–H groups in total. The smallest absolute Gasteiger partial charge is 0.0375 e. The molecule has 2 heteroatoms. The van der Waals surface area contributed by atoms with Crippen LogP contribution in [0, 0.1) is 0 Å². The lowest BCUT2D eigenvalue weighted by atomic mass is 10.2. The van der Waals surface area contributed by atoms with Gasteiger partial charge in [0.15, 0.2) is 0 Å². The van der Waals surface area contributed by atoms with E-state index in [1.807, 2.05) is 0 Å². The van der Waals surface area contributed by atoms with Crippen LogP contribution in [0.5, 0.6) is 0 Å². The number of fused-ring (bicyclic) bond motifs is 2. The van der Waals surface area contributed by atoms with Crippen LogP contribution < -0.4 is 10.6 Å². The van der Waals surface area contributed by atoms with Gasteiger partial charge in [0.2, 0.25) is 0 Å². The van der Waals surface area contributed by atoms with Gasteiger partial charge in [-0.1, -0.05) is 0 Å². The number of nitrogens with zero attached hydrogens (tertiary/aromatic N) is 1. The van der Waals surface area contributed by atoms with Crippen LogP contribution >= 0.6 is 0 Å². The minimum absolute atomic E-state index is 0.675. The van der Waals surface area contributed by atoms with Crippen molar-refractivity contribution in [1.82, 2.24) is 10.6 Å². The van der Waals surface area contributed by atoms with Gasteiger partial charge in [0.25, 0.3) is 0 Å². The van der Waals surface area contributed by atoms with E-state index in [9.17, 15) is 0 Å². The third-order valence-electron chi connectivity index (χ3n) is 2.01. The molecular formula is C6H11N2. The second kappa shape index (κ2) is 1.71. The summed E-state index contributed by atoms with van der Waals surface area (Å²) >= 11 is 0. The lowest BCUT2D eigenvalue weighted by Crippen LogP contribution is -2.44. The standard InChI is InChI=1S/C6H11N2/c1-2-6-4-7-3-5(1)8-6/h5-7H,1-4H2. The molecule has 0 aromatic rings. The summed E-state index contributed by atoms with van der Waals surface area (Å²) in [6, 6.07) is 1.35. The molecule has 2 rings (SSSR count). The van der Waals surface area contributed by atoms with Crippen molar-refractivity contribution >= 4 is 0 Å². The quantitative estimate of drug-likeness (QED) is 0.457. The Bertz CT molecular complexity index is 78.5. The Labute approximate surface area is 49.7 Å². The molecule has 8 heavy (non-hydrogen) atoms. The lowest BCUT2D eigenvalue weighted by molar-refractivity contribution is 0.415. The number of piperazine rings is 1. The molecule has 0 aromatic heterocycles. The van der Waals surface area contributed by atoms with Gasteiger partial charge in [0.05, 0.1) is 0 Å². The highest BCUT2D eigenvalue weighted by Crippen LogP contribution is 2.16. The van der Waals surface area contributed by atoms with Crippen LogP contribution in [0.3, 0.4) is 0 Å². The van der Waals surface area contributed by atoms with E-state index in [-0.39, 0.29) is 0 Å². The number of nitrogens with one attached hydrogen (secondary N) is 1. The second-order valence-corrected chi connectivity index (χ2v) is 2.69. The third-order valence-corrected chi connectivity index (χ3v) is 2.01. The van der Waals surface area contributed by atoms with Crippen molar-refractivity contribution in [1.29, 1.82) is 0 Å². The summed E-state index contributed by atoms with van der Waals surface area (Å²) < 4.78 is 0. The van der Waals surface area contributed by atoms with Crippen LogP contribution in [-0.2, 0) is 0 Å². The van der Waals surface area contributed by atoms with Crippen molar-refractivity contribution in [2.75, 3.05) is 13.1 Å². The maximum Gasteiger partial charge on any atom is 0.0375 e. The first-order valence-corrected chi connectivity index (χ1v) is 3.36. The van der Waals surface area contributed by atoms with Crippen molar-refractivity contribution in [2.45, 2.75) is 24.9 Å². The molecule has 2 nitrogen and oxygen atoms in total. The molecule has 0 amide bonds. The molecule has 0 spiro atoms. The normalized spacial score (nSPS) is 45.0. The van der Waals surface area contributed by atoms with Crippen molar-refractivity contribution < 1.29 is 0 Å². The fraction of sp³-hybridized carbons (Fsp3) is 1.00. The molecule has 2 aliphatic heterocycles. The highest BCUT2D eigenvalue weighted by molar-refractivity contribution is 4.90. The second-order valence-electron chi connectivity index (χ2n) is 2.69. The third kappa shape index (κ3) is 0.644. The van der Waals surface area contributed by atoms with Gasteiger partial charge in [-0.05, 0) is 12.8 Å². The first-order chi connectivity index (χ1) is 3.95. The van der Waals surface area contributed by atoms with Crippen molar-refractivity contribution in [3.8, 4) is 0 Å². The topological polar surface area (TPSA) is 26.1 Å². The van der Waals surface area contributed by atoms with Gasteiger partial charge in [0.1, 0.15) is 0 Å². The molecule has 45 valence electrons. The predicted octanol–water partition coefficient (Wildman–Crippen LogP) is -0.275. The minimum atomic E-state index is 0.675. The monoisotopic (exact) mass is 111 g/mol. The zero-order valence-corrected chi connectivity index (χ0v) is 4.93. The van der Waals surface area contributed by atoms with Crippen LogP contribution in [0.25, 0.3) is 0 Å². The molecule has 2 saturated heterocycles. The molecule has 2 heterocycles. The Kier molecular flexibility index (Phi) is 1.02. The summed E-state index contributed by atoms with van der Waals surface area (Å²) in [6.07, 6.45) is 2.66.